The van der Waals surface area contributed by atoms with E-state index in [0.29, 0.717) is 22.5 Å². The lowest BCUT2D eigenvalue weighted by Crippen LogP contribution is -2.35. The molecule has 0 aliphatic rings. The second kappa shape index (κ2) is 8.94. The summed E-state index contributed by atoms with van der Waals surface area (Å²) in [6.45, 7) is 3.73. The van der Waals surface area contributed by atoms with Gasteiger partial charge in [0.1, 0.15) is 11.5 Å². The van der Waals surface area contributed by atoms with E-state index in [2.05, 4.69) is 15.6 Å². The zero-order chi connectivity index (χ0) is 20.8. The normalized spacial score (nSPS) is 10.3. The van der Waals surface area contributed by atoms with Crippen LogP contribution in [0.1, 0.15) is 39.0 Å². The highest BCUT2D eigenvalue weighted by atomic mass is 19.1. The molecule has 148 valence electrons. The Labute approximate surface area is 160 Å². The molecule has 1 heterocycles. The summed E-state index contributed by atoms with van der Waals surface area (Å²) in [7, 11) is 0. The molecule has 0 atom stereocenters. The SMILES string of the molecule is CC(=O)c1c(C)[nH]c(C(=O)OCC(=O)NCC(=O)Nc2ccc(F)cc2)c1C. The van der Waals surface area contributed by atoms with E-state index in [1.807, 2.05) is 0 Å². The first-order chi connectivity index (χ1) is 13.2. The average molecular weight is 389 g/mol. The number of aromatic nitrogens is 1. The maximum atomic E-state index is 12.8. The van der Waals surface area contributed by atoms with Crippen molar-refractivity contribution in [2.75, 3.05) is 18.5 Å². The molecule has 0 spiro atoms. The van der Waals surface area contributed by atoms with Crippen molar-refractivity contribution in [2.45, 2.75) is 20.8 Å². The number of halogens is 1. The number of hydrogen-bond donors (Lipinski definition) is 3. The molecule has 2 aromatic rings. The van der Waals surface area contributed by atoms with Crippen molar-refractivity contribution in [1.82, 2.24) is 10.3 Å². The minimum atomic E-state index is -0.779. The number of amides is 2. The minimum Gasteiger partial charge on any atom is -0.451 e. The number of aryl methyl sites for hydroxylation is 1. The van der Waals surface area contributed by atoms with Crippen molar-refractivity contribution in [1.29, 1.82) is 0 Å². The van der Waals surface area contributed by atoms with Crippen LogP contribution in [0.4, 0.5) is 10.1 Å². The maximum absolute atomic E-state index is 12.8. The van der Waals surface area contributed by atoms with Gasteiger partial charge < -0.3 is 20.4 Å². The maximum Gasteiger partial charge on any atom is 0.355 e. The number of H-pyrrole nitrogens is 1. The smallest absolute Gasteiger partial charge is 0.355 e. The lowest BCUT2D eigenvalue weighted by molar-refractivity contribution is -0.126. The second-order valence-electron chi connectivity index (χ2n) is 6.09. The van der Waals surface area contributed by atoms with Crippen molar-refractivity contribution < 1.29 is 28.3 Å². The number of rotatable bonds is 7. The molecule has 28 heavy (non-hydrogen) atoms. The number of anilines is 1. The van der Waals surface area contributed by atoms with E-state index in [4.69, 9.17) is 4.74 Å². The number of ketones is 1. The van der Waals surface area contributed by atoms with Crippen LogP contribution < -0.4 is 10.6 Å². The van der Waals surface area contributed by atoms with E-state index in [9.17, 15) is 23.6 Å². The fraction of sp³-hybridized carbons (Fsp3) is 0.263. The van der Waals surface area contributed by atoms with E-state index < -0.39 is 30.2 Å². The first-order valence-corrected chi connectivity index (χ1v) is 8.38. The average Bonchev–Trinajstić information content (AvgIpc) is 2.94. The lowest BCUT2D eigenvalue weighted by atomic mass is 10.1. The summed E-state index contributed by atoms with van der Waals surface area (Å²) >= 11 is 0. The van der Waals surface area contributed by atoms with Crippen molar-refractivity contribution in [2.24, 2.45) is 0 Å². The van der Waals surface area contributed by atoms with Crippen molar-refractivity contribution in [3.05, 3.63) is 52.6 Å². The van der Waals surface area contributed by atoms with Crippen LogP contribution in [0.15, 0.2) is 24.3 Å². The largest absolute Gasteiger partial charge is 0.451 e. The van der Waals surface area contributed by atoms with E-state index in [-0.39, 0.29) is 18.0 Å². The minimum absolute atomic E-state index is 0.101. The number of ether oxygens (including phenoxy) is 1. The monoisotopic (exact) mass is 389 g/mol. The van der Waals surface area contributed by atoms with E-state index in [0.717, 1.165) is 0 Å². The van der Waals surface area contributed by atoms with Gasteiger partial charge in [0.05, 0.1) is 6.54 Å². The molecule has 0 fully saturated rings. The summed E-state index contributed by atoms with van der Waals surface area (Å²) in [5.41, 5.74) is 1.89. The summed E-state index contributed by atoms with van der Waals surface area (Å²) in [5.74, 6) is -2.59. The number of carbonyl (C=O) groups is 4. The number of carbonyl (C=O) groups excluding carboxylic acids is 4. The molecule has 2 rings (SSSR count). The van der Waals surface area contributed by atoms with Gasteiger partial charge >= 0.3 is 5.97 Å². The van der Waals surface area contributed by atoms with Crippen LogP contribution in [-0.2, 0) is 14.3 Å². The summed E-state index contributed by atoms with van der Waals surface area (Å²) in [5, 5.41) is 4.78. The Kier molecular flexibility index (Phi) is 6.64. The van der Waals surface area contributed by atoms with Crippen molar-refractivity contribution >= 4 is 29.3 Å². The summed E-state index contributed by atoms with van der Waals surface area (Å²) < 4.78 is 17.7. The molecule has 2 amide bonds. The van der Waals surface area contributed by atoms with Gasteiger partial charge in [-0.05, 0) is 50.6 Å². The number of esters is 1. The fourth-order valence-electron chi connectivity index (χ4n) is 2.65. The Morgan fingerprint density at radius 2 is 1.71 bits per heavy atom. The molecular formula is C19H20FN3O5. The molecule has 1 aromatic heterocycles. The molecule has 0 unspecified atom stereocenters. The van der Waals surface area contributed by atoms with Crippen LogP contribution in [0, 0.1) is 19.7 Å². The van der Waals surface area contributed by atoms with Gasteiger partial charge in [-0.25, -0.2) is 9.18 Å². The third-order valence-electron chi connectivity index (χ3n) is 3.90. The first kappa shape index (κ1) is 20.8. The molecule has 3 N–H and O–H groups in total. The number of benzene rings is 1. The van der Waals surface area contributed by atoms with Crippen LogP contribution in [0.3, 0.4) is 0 Å². The van der Waals surface area contributed by atoms with Gasteiger partial charge in [-0.15, -0.1) is 0 Å². The Bertz CT molecular complexity index is 918. The number of aromatic amines is 1. The molecule has 0 saturated heterocycles. The van der Waals surface area contributed by atoms with E-state index >= 15 is 0 Å². The predicted octanol–water partition coefficient (Wildman–Crippen LogP) is 1.88. The topological polar surface area (TPSA) is 117 Å². The molecule has 0 aliphatic heterocycles. The number of hydrogen-bond acceptors (Lipinski definition) is 5. The molecular weight excluding hydrogens is 369 g/mol. The second-order valence-corrected chi connectivity index (χ2v) is 6.09. The Morgan fingerprint density at radius 3 is 2.29 bits per heavy atom. The molecule has 0 radical (unpaired) electrons. The third kappa shape index (κ3) is 5.26. The van der Waals surface area contributed by atoms with Gasteiger partial charge in [-0.3, -0.25) is 14.4 Å². The summed E-state index contributed by atoms with van der Waals surface area (Å²) in [4.78, 5) is 50.0. The Hall–Kier alpha value is -3.49. The van der Waals surface area contributed by atoms with Gasteiger partial charge in [-0.2, -0.15) is 0 Å². The standard InChI is InChI=1S/C19H20FN3O5/c1-10-17(12(3)24)11(2)22-18(10)19(27)28-9-16(26)21-8-15(25)23-14-6-4-13(20)5-7-14/h4-7,22H,8-9H2,1-3H3,(H,21,26)(H,23,25). The zero-order valence-corrected chi connectivity index (χ0v) is 15.6. The van der Waals surface area contributed by atoms with Crippen LogP contribution in [0.2, 0.25) is 0 Å². The molecule has 0 aliphatic carbocycles. The summed E-state index contributed by atoms with van der Waals surface area (Å²) in [6.07, 6.45) is 0. The van der Waals surface area contributed by atoms with Gasteiger partial charge in [-0.1, -0.05) is 0 Å². The van der Waals surface area contributed by atoms with E-state index in [1.165, 1.54) is 31.2 Å². The molecule has 0 saturated carbocycles. The molecule has 0 bridgehead atoms. The Balaban J connectivity index is 1.81. The highest BCUT2D eigenvalue weighted by Crippen LogP contribution is 2.19. The number of nitrogens with one attached hydrogen (secondary N) is 3. The van der Waals surface area contributed by atoms with Gasteiger partial charge in [0.25, 0.3) is 5.91 Å². The number of Topliss-reactive ketones (excluding diaryl/α,β-unsaturated/α-hetero) is 1. The Morgan fingerprint density at radius 1 is 1.07 bits per heavy atom. The van der Waals surface area contributed by atoms with Gasteiger partial charge in [0.2, 0.25) is 5.91 Å². The molecule has 1 aromatic carbocycles. The molecule has 8 nitrogen and oxygen atoms in total. The van der Waals surface area contributed by atoms with E-state index in [1.54, 1.807) is 13.8 Å². The molecule has 9 heteroatoms. The van der Waals surface area contributed by atoms with Crippen LogP contribution in [-0.4, -0.2) is 41.7 Å². The highest BCUT2D eigenvalue weighted by Gasteiger charge is 2.21. The van der Waals surface area contributed by atoms with Gasteiger partial charge in [0, 0.05) is 16.9 Å². The lowest BCUT2D eigenvalue weighted by Gasteiger charge is -2.08. The van der Waals surface area contributed by atoms with Crippen molar-refractivity contribution in [3.63, 3.8) is 0 Å². The third-order valence-corrected chi connectivity index (χ3v) is 3.90. The quantitative estimate of drug-likeness (QED) is 0.494. The van der Waals surface area contributed by atoms with Crippen LogP contribution in [0.25, 0.3) is 0 Å². The first-order valence-electron chi connectivity index (χ1n) is 8.38. The highest BCUT2D eigenvalue weighted by molar-refractivity contribution is 6.01. The predicted molar refractivity (Wildman–Crippen MR) is 98.6 cm³/mol. The van der Waals surface area contributed by atoms with Crippen molar-refractivity contribution in [3.8, 4) is 0 Å². The van der Waals surface area contributed by atoms with Crippen LogP contribution in [0.5, 0.6) is 0 Å². The van der Waals surface area contributed by atoms with Gasteiger partial charge in [0.15, 0.2) is 12.4 Å². The van der Waals surface area contributed by atoms with Crippen LogP contribution >= 0.6 is 0 Å². The fourth-order valence-corrected chi connectivity index (χ4v) is 2.65. The summed E-state index contributed by atoms with van der Waals surface area (Å²) in [6, 6.07) is 5.14. The zero-order valence-electron chi connectivity index (χ0n) is 15.6.